The molecule has 2 heterocycles. The second-order valence-corrected chi connectivity index (χ2v) is 4.08. The number of anilines is 1. The lowest BCUT2D eigenvalue weighted by Crippen LogP contribution is -2.15. The van der Waals surface area contributed by atoms with Gasteiger partial charge >= 0.3 is 5.97 Å². The van der Waals surface area contributed by atoms with Gasteiger partial charge in [-0.05, 0) is 25.0 Å². The smallest absolute Gasteiger partial charge is 0.312 e. The molecular formula is C12H14N4O2. The zero-order valence-corrected chi connectivity index (χ0v) is 9.92. The first-order valence-corrected chi connectivity index (χ1v) is 5.51. The summed E-state index contributed by atoms with van der Waals surface area (Å²) in [5, 5.41) is 9.26. The predicted octanol–water partition coefficient (Wildman–Crippen LogP) is 1.11. The van der Waals surface area contributed by atoms with Crippen molar-refractivity contribution in [2.75, 3.05) is 5.73 Å². The number of hydrogen-bond donors (Lipinski definition) is 3. The first-order chi connectivity index (χ1) is 8.58. The highest BCUT2D eigenvalue weighted by atomic mass is 16.4. The van der Waals surface area contributed by atoms with Crippen molar-refractivity contribution in [3.8, 4) is 0 Å². The van der Waals surface area contributed by atoms with Crippen molar-refractivity contribution in [3.05, 3.63) is 41.6 Å². The Labute approximate surface area is 104 Å². The maximum Gasteiger partial charge on any atom is 0.312 e. The highest BCUT2D eigenvalue weighted by Gasteiger charge is 2.22. The molecule has 94 valence electrons. The van der Waals surface area contributed by atoms with E-state index in [2.05, 4.69) is 15.0 Å². The van der Waals surface area contributed by atoms with Crippen molar-refractivity contribution in [3.63, 3.8) is 0 Å². The number of H-pyrrole nitrogens is 1. The van der Waals surface area contributed by atoms with Crippen LogP contribution in [0, 0.1) is 6.92 Å². The van der Waals surface area contributed by atoms with Gasteiger partial charge in [0, 0.05) is 17.6 Å². The average molecular weight is 246 g/mol. The Morgan fingerprint density at radius 2 is 2.33 bits per heavy atom. The van der Waals surface area contributed by atoms with Crippen LogP contribution in [0.1, 0.15) is 22.9 Å². The fourth-order valence-corrected chi connectivity index (χ4v) is 1.83. The molecular weight excluding hydrogens is 232 g/mol. The third kappa shape index (κ3) is 2.48. The molecule has 0 saturated heterocycles. The molecule has 0 aromatic carbocycles. The van der Waals surface area contributed by atoms with Crippen LogP contribution in [0.25, 0.3) is 0 Å². The summed E-state index contributed by atoms with van der Waals surface area (Å²) in [7, 11) is 0. The fraction of sp³-hybridized carbons (Fsp3) is 0.250. The highest BCUT2D eigenvalue weighted by molar-refractivity contribution is 5.75. The van der Waals surface area contributed by atoms with Gasteiger partial charge in [0.25, 0.3) is 0 Å². The van der Waals surface area contributed by atoms with Crippen molar-refractivity contribution in [2.45, 2.75) is 19.3 Å². The minimum Gasteiger partial charge on any atom is -0.481 e. The zero-order chi connectivity index (χ0) is 13.1. The largest absolute Gasteiger partial charge is 0.481 e. The lowest BCUT2D eigenvalue weighted by Gasteiger charge is -2.12. The summed E-state index contributed by atoms with van der Waals surface area (Å²) in [5.74, 6) is -1.11. The van der Waals surface area contributed by atoms with Crippen LogP contribution >= 0.6 is 0 Å². The fourth-order valence-electron chi connectivity index (χ4n) is 1.83. The van der Waals surface area contributed by atoms with Crippen LogP contribution in [0.4, 0.5) is 5.82 Å². The molecule has 0 spiro atoms. The number of rotatable bonds is 4. The van der Waals surface area contributed by atoms with Crippen LogP contribution in [0.15, 0.2) is 24.7 Å². The van der Waals surface area contributed by atoms with E-state index in [0.29, 0.717) is 17.9 Å². The number of nitrogen functional groups attached to an aromatic ring is 1. The van der Waals surface area contributed by atoms with Gasteiger partial charge in [-0.3, -0.25) is 4.79 Å². The summed E-state index contributed by atoms with van der Waals surface area (Å²) in [4.78, 5) is 22.1. The molecule has 0 radical (unpaired) electrons. The van der Waals surface area contributed by atoms with Crippen LogP contribution in [0.3, 0.4) is 0 Å². The topological polar surface area (TPSA) is 105 Å². The van der Waals surface area contributed by atoms with Crippen LogP contribution in [-0.2, 0) is 11.2 Å². The first kappa shape index (κ1) is 12.1. The number of aryl methyl sites for hydroxylation is 1. The van der Waals surface area contributed by atoms with Gasteiger partial charge in [0.05, 0.1) is 6.33 Å². The SMILES string of the molecule is Cc1nc(N)ccc1CC(C(=O)O)c1cnc[nH]1. The first-order valence-electron chi connectivity index (χ1n) is 5.51. The molecule has 0 amide bonds. The molecule has 6 heteroatoms. The molecule has 0 aliphatic heterocycles. The van der Waals surface area contributed by atoms with E-state index in [4.69, 9.17) is 5.73 Å². The molecule has 0 aliphatic carbocycles. The van der Waals surface area contributed by atoms with Gasteiger partial charge in [0.1, 0.15) is 11.7 Å². The summed E-state index contributed by atoms with van der Waals surface area (Å²) in [6, 6.07) is 3.48. The Balaban J connectivity index is 2.27. The van der Waals surface area contributed by atoms with Gasteiger partial charge in [0.2, 0.25) is 0 Å². The van der Waals surface area contributed by atoms with E-state index < -0.39 is 11.9 Å². The number of carboxylic acids is 1. The molecule has 0 fully saturated rings. The molecule has 0 bridgehead atoms. The molecule has 2 aromatic rings. The minimum atomic E-state index is -0.893. The predicted molar refractivity (Wildman–Crippen MR) is 66.1 cm³/mol. The second kappa shape index (κ2) is 4.87. The van der Waals surface area contributed by atoms with Crippen molar-refractivity contribution < 1.29 is 9.90 Å². The third-order valence-corrected chi connectivity index (χ3v) is 2.83. The van der Waals surface area contributed by atoms with E-state index in [1.807, 2.05) is 13.0 Å². The van der Waals surface area contributed by atoms with Crippen molar-refractivity contribution in [2.24, 2.45) is 0 Å². The van der Waals surface area contributed by atoms with E-state index in [1.54, 1.807) is 6.07 Å². The number of nitrogens with one attached hydrogen (secondary N) is 1. The van der Waals surface area contributed by atoms with Crippen LogP contribution in [-0.4, -0.2) is 26.0 Å². The highest BCUT2D eigenvalue weighted by Crippen LogP contribution is 2.21. The number of imidazole rings is 1. The number of carbonyl (C=O) groups is 1. The van der Waals surface area contributed by atoms with E-state index in [1.165, 1.54) is 12.5 Å². The Hall–Kier alpha value is -2.37. The molecule has 1 unspecified atom stereocenters. The number of aromatic amines is 1. The number of nitrogens with two attached hydrogens (primary N) is 1. The Morgan fingerprint density at radius 1 is 1.56 bits per heavy atom. The van der Waals surface area contributed by atoms with E-state index >= 15 is 0 Å². The van der Waals surface area contributed by atoms with Gasteiger partial charge < -0.3 is 15.8 Å². The Morgan fingerprint density at radius 3 is 2.89 bits per heavy atom. The van der Waals surface area contributed by atoms with Gasteiger partial charge in [-0.1, -0.05) is 6.07 Å². The maximum absolute atomic E-state index is 11.3. The van der Waals surface area contributed by atoms with Crippen molar-refractivity contribution in [1.82, 2.24) is 15.0 Å². The summed E-state index contributed by atoms with van der Waals surface area (Å²) >= 11 is 0. The molecule has 2 rings (SSSR count). The Kier molecular flexibility index (Phi) is 3.27. The van der Waals surface area contributed by atoms with Crippen LogP contribution < -0.4 is 5.73 Å². The van der Waals surface area contributed by atoms with Crippen LogP contribution in [0.5, 0.6) is 0 Å². The number of hydrogen-bond acceptors (Lipinski definition) is 4. The van der Waals surface area contributed by atoms with Gasteiger partial charge in [-0.25, -0.2) is 9.97 Å². The van der Waals surface area contributed by atoms with Gasteiger partial charge in [0.15, 0.2) is 0 Å². The van der Waals surface area contributed by atoms with Crippen LogP contribution in [0.2, 0.25) is 0 Å². The van der Waals surface area contributed by atoms with E-state index in [0.717, 1.165) is 11.3 Å². The molecule has 0 saturated carbocycles. The molecule has 0 aliphatic rings. The van der Waals surface area contributed by atoms with E-state index in [9.17, 15) is 9.90 Å². The molecule has 1 atom stereocenters. The molecule has 4 N–H and O–H groups in total. The third-order valence-electron chi connectivity index (χ3n) is 2.83. The summed E-state index contributed by atoms with van der Waals surface area (Å²) in [6.07, 6.45) is 3.36. The second-order valence-electron chi connectivity index (χ2n) is 4.08. The van der Waals surface area contributed by atoms with Gasteiger partial charge in [-0.15, -0.1) is 0 Å². The van der Waals surface area contributed by atoms with E-state index in [-0.39, 0.29) is 0 Å². The monoisotopic (exact) mass is 246 g/mol. The average Bonchev–Trinajstić information content (AvgIpc) is 2.80. The summed E-state index contributed by atoms with van der Waals surface area (Å²) in [5.41, 5.74) is 7.77. The molecule has 18 heavy (non-hydrogen) atoms. The standard InChI is InChI=1S/C12H14N4O2/c1-7-8(2-3-11(13)16-7)4-9(12(17)18)10-5-14-6-15-10/h2-3,5-6,9H,4H2,1H3,(H2,13,16)(H,14,15)(H,17,18). The number of nitrogens with zero attached hydrogens (tertiary/aromatic N) is 2. The summed E-state index contributed by atoms with van der Waals surface area (Å²) in [6.45, 7) is 1.82. The number of aromatic nitrogens is 3. The van der Waals surface area contributed by atoms with Crippen molar-refractivity contribution >= 4 is 11.8 Å². The number of pyridine rings is 1. The number of aliphatic carboxylic acids is 1. The van der Waals surface area contributed by atoms with Gasteiger partial charge in [-0.2, -0.15) is 0 Å². The normalized spacial score (nSPS) is 12.3. The maximum atomic E-state index is 11.3. The zero-order valence-electron chi connectivity index (χ0n) is 9.92. The van der Waals surface area contributed by atoms with Crippen molar-refractivity contribution in [1.29, 1.82) is 0 Å². The quantitative estimate of drug-likeness (QED) is 0.749. The Bertz CT molecular complexity index is 551. The minimum absolute atomic E-state index is 0.358. The molecule has 2 aromatic heterocycles. The lowest BCUT2D eigenvalue weighted by atomic mass is 9.96. The summed E-state index contributed by atoms with van der Waals surface area (Å²) < 4.78 is 0. The number of carboxylic acid groups (broad SMARTS) is 1. The molecule has 6 nitrogen and oxygen atoms in total. The lowest BCUT2D eigenvalue weighted by molar-refractivity contribution is -0.138.